The van der Waals surface area contributed by atoms with Gasteiger partial charge in [0.05, 0.1) is 18.2 Å². The molecule has 1 aromatic heterocycles. The van der Waals surface area contributed by atoms with Crippen molar-refractivity contribution in [3.05, 3.63) is 71.2 Å². The first-order valence-corrected chi connectivity index (χ1v) is 10.1. The summed E-state index contributed by atoms with van der Waals surface area (Å²) in [6.07, 6.45) is 0.0766. The second kappa shape index (κ2) is 8.70. The lowest BCUT2D eigenvalue weighted by atomic mass is 10.2. The lowest BCUT2D eigenvalue weighted by Gasteiger charge is -2.10. The van der Waals surface area contributed by atoms with Gasteiger partial charge in [-0.05, 0) is 74.5 Å². The Morgan fingerprint density at radius 1 is 1.06 bits per heavy atom. The van der Waals surface area contributed by atoms with E-state index in [1.54, 1.807) is 61.7 Å². The molecule has 0 unspecified atom stereocenters. The highest BCUT2D eigenvalue weighted by atomic mass is 35.5. The van der Waals surface area contributed by atoms with E-state index in [1.165, 1.54) is 0 Å². The highest BCUT2D eigenvalue weighted by molar-refractivity contribution is 6.32. The van der Waals surface area contributed by atoms with Crippen molar-refractivity contribution in [1.29, 1.82) is 0 Å². The van der Waals surface area contributed by atoms with Crippen LogP contribution in [0.2, 0.25) is 5.02 Å². The van der Waals surface area contributed by atoms with Gasteiger partial charge in [-0.25, -0.2) is 4.98 Å². The Hall–Kier alpha value is -3.51. The average molecular weight is 437 g/mol. The molecule has 6 nitrogen and oxygen atoms in total. The molecule has 0 radical (unpaired) electrons. The predicted molar refractivity (Wildman–Crippen MR) is 121 cm³/mol. The molecule has 0 saturated heterocycles. The van der Waals surface area contributed by atoms with E-state index in [1.807, 2.05) is 19.9 Å². The third-order valence-corrected chi connectivity index (χ3v) is 4.83. The summed E-state index contributed by atoms with van der Waals surface area (Å²) in [5.74, 6) is 1.52. The van der Waals surface area contributed by atoms with Gasteiger partial charge in [-0.3, -0.25) is 4.79 Å². The molecule has 0 aliphatic rings. The van der Waals surface area contributed by atoms with E-state index in [0.29, 0.717) is 39.0 Å². The van der Waals surface area contributed by atoms with Crippen molar-refractivity contribution in [1.82, 2.24) is 4.98 Å². The van der Waals surface area contributed by atoms with E-state index < -0.39 is 0 Å². The van der Waals surface area contributed by atoms with Crippen molar-refractivity contribution in [2.45, 2.75) is 20.0 Å². The Labute approximate surface area is 184 Å². The molecule has 0 spiro atoms. The molecule has 158 valence electrons. The lowest BCUT2D eigenvalue weighted by molar-refractivity contribution is 0.102. The SMILES string of the molecule is COc1ccc(-c2nc3cc(NC(=O)c4ccc(OC(C)C)cc4)ccc3o2)cc1Cl. The van der Waals surface area contributed by atoms with E-state index in [2.05, 4.69) is 10.3 Å². The zero-order valence-electron chi connectivity index (χ0n) is 17.3. The summed E-state index contributed by atoms with van der Waals surface area (Å²) < 4.78 is 16.6. The van der Waals surface area contributed by atoms with Gasteiger partial charge in [0.2, 0.25) is 5.89 Å². The second-order valence-electron chi connectivity index (χ2n) is 7.20. The van der Waals surface area contributed by atoms with Crippen molar-refractivity contribution >= 4 is 34.3 Å². The molecule has 1 N–H and O–H groups in total. The number of aromatic nitrogens is 1. The summed E-state index contributed by atoms with van der Waals surface area (Å²) in [5, 5.41) is 3.36. The van der Waals surface area contributed by atoms with Gasteiger partial charge >= 0.3 is 0 Å². The van der Waals surface area contributed by atoms with Gasteiger partial charge in [0.25, 0.3) is 5.91 Å². The number of benzene rings is 3. The fourth-order valence-corrected chi connectivity index (χ4v) is 3.35. The van der Waals surface area contributed by atoms with Crippen LogP contribution in [0.25, 0.3) is 22.6 Å². The Kier molecular flexibility index (Phi) is 5.82. The van der Waals surface area contributed by atoms with Crippen LogP contribution in [-0.2, 0) is 0 Å². The molecule has 1 amide bonds. The highest BCUT2D eigenvalue weighted by Gasteiger charge is 2.13. The van der Waals surface area contributed by atoms with Crippen LogP contribution >= 0.6 is 11.6 Å². The van der Waals surface area contributed by atoms with E-state index in [9.17, 15) is 4.79 Å². The summed E-state index contributed by atoms with van der Waals surface area (Å²) in [5.41, 5.74) is 3.12. The van der Waals surface area contributed by atoms with Crippen molar-refractivity contribution in [2.75, 3.05) is 12.4 Å². The summed E-state index contributed by atoms with van der Waals surface area (Å²) in [6.45, 7) is 3.91. The molecule has 4 rings (SSSR count). The van der Waals surface area contributed by atoms with E-state index >= 15 is 0 Å². The molecule has 31 heavy (non-hydrogen) atoms. The first kappa shape index (κ1) is 20.8. The van der Waals surface area contributed by atoms with Crippen LogP contribution < -0.4 is 14.8 Å². The molecule has 0 aliphatic carbocycles. The quantitative estimate of drug-likeness (QED) is 0.389. The van der Waals surface area contributed by atoms with E-state index in [-0.39, 0.29) is 12.0 Å². The number of carbonyl (C=O) groups is 1. The molecule has 0 fully saturated rings. The predicted octanol–water partition coefficient (Wildman–Crippen LogP) is 6.20. The maximum Gasteiger partial charge on any atom is 0.255 e. The molecule has 0 atom stereocenters. The van der Waals surface area contributed by atoms with Gasteiger partial charge in [-0.15, -0.1) is 0 Å². The fraction of sp³-hybridized carbons (Fsp3) is 0.167. The number of anilines is 1. The van der Waals surface area contributed by atoms with Crippen molar-refractivity contribution in [3.63, 3.8) is 0 Å². The molecule has 4 aromatic rings. The van der Waals surface area contributed by atoms with Gasteiger partial charge in [-0.2, -0.15) is 0 Å². The zero-order chi connectivity index (χ0) is 22.0. The summed E-state index contributed by atoms with van der Waals surface area (Å²) >= 11 is 6.20. The van der Waals surface area contributed by atoms with Crippen LogP contribution in [0.1, 0.15) is 24.2 Å². The number of amides is 1. The maximum atomic E-state index is 12.6. The number of oxazole rings is 1. The number of carbonyl (C=O) groups excluding carboxylic acids is 1. The van der Waals surface area contributed by atoms with Crippen LogP contribution in [0, 0.1) is 0 Å². The molecular formula is C24H21ClN2O4. The topological polar surface area (TPSA) is 73.6 Å². The number of rotatable bonds is 6. The maximum absolute atomic E-state index is 12.6. The molecule has 0 bridgehead atoms. The minimum absolute atomic E-state index is 0.0766. The molecule has 3 aromatic carbocycles. The van der Waals surface area contributed by atoms with Crippen LogP contribution in [0.15, 0.2) is 65.1 Å². The number of nitrogens with one attached hydrogen (secondary N) is 1. The first-order chi connectivity index (χ1) is 14.9. The minimum Gasteiger partial charge on any atom is -0.495 e. The van der Waals surface area contributed by atoms with Gasteiger partial charge in [0.1, 0.15) is 17.0 Å². The van der Waals surface area contributed by atoms with Crippen molar-refractivity contribution in [3.8, 4) is 23.0 Å². The monoisotopic (exact) mass is 436 g/mol. The number of fused-ring (bicyclic) bond motifs is 1. The normalized spacial score (nSPS) is 11.0. The van der Waals surface area contributed by atoms with Crippen LogP contribution in [0.4, 0.5) is 5.69 Å². The van der Waals surface area contributed by atoms with Gasteiger partial charge in [-0.1, -0.05) is 11.6 Å². The number of ether oxygens (including phenoxy) is 2. The minimum atomic E-state index is -0.221. The average Bonchev–Trinajstić information content (AvgIpc) is 3.17. The van der Waals surface area contributed by atoms with Crippen molar-refractivity contribution < 1.29 is 18.7 Å². The second-order valence-corrected chi connectivity index (χ2v) is 7.60. The Bertz CT molecular complexity index is 1230. The first-order valence-electron chi connectivity index (χ1n) is 9.75. The summed E-state index contributed by atoms with van der Waals surface area (Å²) in [6, 6.07) is 17.6. The summed E-state index contributed by atoms with van der Waals surface area (Å²) in [4.78, 5) is 17.1. The van der Waals surface area contributed by atoms with Crippen molar-refractivity contribution in [2.24, 2.45) is 0 Å². The van der Waals surface area contributed by atoms with Crippen LogP contribution in [0.5, 0.6) is 11.5 Å². The van der Waals surface area contributed by atoms with E-state index in [0.717, 1.165) is 11.3 Å². The largest absolute Gasteiger partial charge is 0.495 e. The number of halogens is 1. The molecular weight excluding hydrogens is 416 g/mol. The number of methoxy groups -OCH3 is 1. The standard InChI is InChI=1S/C24H21ClN2O4/c1-14(2)30-18-8-4-15(5-9-18)23(28)26-17-7-11-22-20(13-17)27-24(31-22)16-6-10-21(29-3)19(25)12-16/h4-14H,1-3H3,(H,26,28). The van der Waals surface area contributed by atoms with Gasteiger partial charge in [0.15, 0.2) is 5.58 Å². The highest BCUT2D eigenvalue weighted by Crippen LogP contribution is 2.32. The number of nitrogens with zero attached hydrogens (tertiary/aromatic N) is 1. The Morgan fingerprint density at radius 2 is 1.84 bits per heavy atom. The molecule has 1 heterocycles. The lowest BCUT2D eigenvalue weighted by Crippen LogP contribution is -2.12. The Morgan fingerprint density at radius 3 is 2.52 bits per heavy atom. The van der Waals surface area contributed by atoms with Gasteiger partial charge < -0.3 is 19.2 Å². The number of hydrogen-bond donors (Lipinski definition) is 1. The van der Waals surface area contributed by atoms with E-state index in [4.69, 9.17) is 25.5 Å². The molecule has 7 heteroatoms. The molecule has 0 aliphatic heterocycles. The number of hydrogen-bond acceptors (Lipinski definition) is 5. The Balaban J connectivity index is 1.53. The third kappa shape index (κ3) is 4.64. The van der Waals surface area contributed by atoms with Crippen LogP contribution in [0.3, 0.4) is 0 Å². The fourth-order valence-electron chi connectivity index (χ4n) is 3.09. The summed E-state index contributed by atoms with van der Waals surface area (Å²) in [7, 11) is 1.56. The molecule has 0 saturated carbocycles. The smallest absolute Gasteiger partial charge is 0.255 e. The van der Waals surface area contributed by atoms with Crippen LogP contribution in [-0.4, -0.2) is 24.1 Å². The zero-order valence-corrected chi connectivity index (χ0v) is 18.1. The third-order valence-electron chi connectivity index (χ3n) is 4.53. The van der Waals surface area contributed by atoms with Gasteiger partial charge in [0, 0.05) is 16.8 Å².